The molecule has 1 aromatic carbocycles. The summed E-state index contributed by atoms with van der Waals surface area (Å²) in [4.78, 5) is 20.7. The SMILES string of the molecule is C[C@@H](OCc1cc(Cl)ccc1[N+](=O)[O-])C(=O)O. The number of hydrogen-bond acceptors (Lipinski definition) is 4. The number of carboxylic acid groups (broad SMARTS) is 1. The molecule has 0 heterocycles. The first kappa shape index (κ1) is 13.4. The number of benzene rings is 1. The van der Waals surface area contributed by atoms with E-state index < -0.39 is 17.0 Å². The Bertz CT molecular complexity index is 448. The Morgan fingerprint density at radius 3 is 2.82 bits per heavy atom. The van der Waals surface area contributed by atoms with Crippen LogP contribution < -0.4 is 0 Å². The number of carbonyl (C=O) groups is 1. The van der Waals surface area contributed by atoms with E-state index in [9.17, 15) is 14.9 Å². The third kappa shape index (κ3) is 3.69. The zero-order valence-corrected chi connectivity index (χ0v) is 9.68. The Balaban J connectivity index is 2.85. The minimum atomic E-state index is -1.13. The first-order chi connectivity index (χ1) is 7.91. The van der Waals surface area contributed by atoms with E-state index in [-0.39, 0.29) is 17.9 Å². The molecule has 0 radical (unpaired) electrons. The zero-order valence-electron chi connectivity index (χ0n) is 8.92. The minimum Gasteiger partial charge on any atom is -0.479 e. The van der Waals surface area contributed by atoms with Crippen molar-refractivity contribution in [2.75, 3.05) is 0 Å². The second kappa shape index (κ2) is 5.60. The Hall–Kier alpha value is -1.66. The fraction of sp³-hybridized carbons (Fsp3) is 0.300. The maximum absolute atomic E-state index is 10.7. The van der Waals surface area contributed by atoms with E-state index in [1.165, 1.54) is 25.1 Å². The Kier molecular flexibility index (Phi) is 4.42. The number of nitrogens with zero attached hydrogens (tertiary/aromatic N) is 1. The Morgan fingerprint density at radius 2 is 2.29 bits per heavy atom. The topological polar surface area (TPSA) is 89.7 Å². The molecule has 0 unspecified atom stereocenters. The van der Waals surface area contributed by atoms with Crippen molar-refractivity contribution in [3.63, 3.8) is 0 Å². The van der Waals surface area contributed by atoms with Crippen LogP contribution in [0.25, 0.3) is 0 Å². The van der Waals surface area contributed by atoms with Crippen LogP contribution in [0, 0.1) is 10.1 Å². The summed E-state index contributed by atoms with van der Waals surface area (Å²) in [7, 11) is 0. The van der Waals surface area contributed by atoms with E-state index in [0.717, 1.165) is 0 Å². The predicted octanol–water partition coefficient (Wildman–Crippen LogP) is 2.24. The van der Waals surface area contributed by atoms with E-state index in [2.05, 4.69) is 0 Å². The van der Waals surface area contributed by atoms with Gasteiger partial charge in [-0.15, -0.1) is 0 Å². The number of rotatable bonds is 5. The second-order valence-electron chi connectivity index (χ2n) is 3.32. The smallest absolute Gasteiger partial charge is 0.332 e. The average molecular weight is 260 g/mol. The second-order valence-corrected chi connectivity index (χ2v) is 3.76. The zero-order chi connectivity index (χ0) is 13.0. The molecule has 7 heteroatoms. The van der Waals surface area contributed by atoms with Crippen molar-refractivity contribution in [2.24, 2.45) is 0 Å². The first-order valence-electron chi connectivity index (χ1n) is 4.69. The summed E-state index contributed by atoms with van der Waals surface area (Å²) in [6.07, 6.45) is -1.03. The summed E-state index contributed by atoms with van der Waals surface area (Å²) in [5.74, 6) is -1.13. The van der Waals surface area contributed by atoms with Gasteiger partial charge >= 0.3 is 5.97 Å². The van der Waals surface area contributed by atoms with Crippen LogP contribution in [0.3, 0.4) is 0 Å². The lowest BCUT2D eigenvalue weighted by molar-refractivity contribution is -0.386. The number of carboxylic acids is 1. The highest BCUT2D eigenvalue weighted by molar-refractivity contribution is 6.30. The molecule has 1 rings (SSSR count). The summed E-state index contributed by atoms with van der Waals surface area (Å²) in [6, 6.07) is 4.03. The van der Waals surface area contributed by atoms with Crippen LogP contribution in [0.15, 0.2) is 18.2 Å². The molecule has 0 amide bonds. The Labute approximate surface area is 102 Å². The highest BCUT2D eigenvalue weighted by Gasteiger charge is 2.17. The van der Waals surface area contributed by atoms with Crippen molar-refractivity contribution in [1.82, 2.24) is 0 Å². The van der Waals surface area contributed by atoms with Crippen molar-refractivity contribution < 1.29 is 19.6 Å². The molecule has 92 valence electrons. The van der Waals surface area contributed by atoms with E-state index in [4.69, 9.17) is 21.4 Å². The lowest BCUT2D eigenvalue weighted by Crippen LogP contribution is -2.19. The lowest BCUT2D eigenvalue weighted by Gasteiger charge is -2.08. The van der Waals surface area contributed by atoms with Gasteiger partial charge in [-0.05, 0) is 19.1 Å². The summed E-state index contributed by atoms with van der Waals surface area (Å²) >= 11 is 5.70. The first-order valence-corrected chi connectivity index (χ1v) is 5.07. The van der Waals surface area contributed by atoms with Gasteiger partial charge < -0.3 is 9.84 Å². The number of nitro groups is 1. The van der Waals surface area contributed by atoms with Gasteiger partial charge in [-0.25, -0.2) is 4.79 Å². The standard InChI is InChI=1S/C10H10ClNO5/c1-6(10(13)14)17-5-7-4-8(11)2-3-9(7)12(15)16/h2-4,6H,5H2,1H3,(H,13,14)/t6-/m1/s1. The van der Waals surface area contributed by atoms with Crippen LogP contribution in [-0.2, 0) is 16.1 Å². The van der Waals surface area contributed by atoms with Crippen LogP contribution >= 0.6 is 11.6 Å². The third-order valence-electron chi connectivity index (χ3n) is 2.07. The Morgan fingerprint density at radius 1 is 1.65 bits per heavy atom. The maximum Gasteiger partial charge on any atom is 0.332 e. The monoisotopic (exact) mass is 259 g/mol. The van der Waals surface area contributed by atoms with Crippen LogP contribution in [0.2, 0.25) is 5.02 Å². The molecule has 0 saturated heterocycles. The van der Waals surface area contributed by atoms with Crippen LogP contribution in [0.1, 0.15) is 12.5 Å². The lowest BCUT2D eigenvalue weighted by atomic mass is 10.2. The average Bonchev–Trinajstić information content (AvgIpc) is 2.25. The maximum atomic E-state index is 10.7. The third-order valence-corrected chi connectivity index (χ3v) is 2.31. The molecule has 0 spiro atoms. The predicted molar refractivity (Wildman–Crippen MR) is 60.0 cm³/mol. The highest BCUT2D eigenvalue weighted by Crippen LogP contribution is 2.23. The fourth-order valence-electron chi connectivity index (χ4n) is 1.13. The van der Waals surface area contributed by atoms with E-state index in [0.29, 0.717) is 5.02 Å². The normalized spacial score (nSPS) is 12.1. The van der Waals surface area contributed by atoms with Gasteiger partial charge in [0.1, 0.15) is 0 Å². The van der Waals surface area contributed by atoms with Gasteiger partial charge in [0.05, 0.1) is 17.1 Å². The number of nitro benzene ring substituents is 1. The van der Waals surface area contributed by atoms with Gasteiger partial charge in [-0.3, -0.25) is 10.1 Å². The largest absolute Gasteiger partial charge is 0.479 e. The van der Waals surface area contributed by atoms with E-state index in [1.807, 2.05) is 0 Å². The van der Waals surface area contributed by atoms with E-state index >= 15 is 0 Å². The summed E-state index contributed by atoms with van der Waals surface area (Å²) in [6.45, 7) is 1.17. The van der Waals surface area contributed by atoms with Crippen molar-refractivity contribution in [3.05, 3.63) is 38.9 Å². The molecule has 0 aromatic heterocycles. The quantitative estimate of drug-likeness (QED) is 0.647. The van der Waals surface area contributed by atoms with Gasteiger partial charge in [0.2, 0.25) is 0 Å². The number of aliphatic carboxylic acids is 1. The molecule has 17 heavy (non-hydrogen) atoms. The molecule has 1 aromatic rings. The van der Waals surface area contributed by atoms with Crippen molar-refractivity contribution >= 4 is 23.3 Å². The molecule has 1 N–H and O–H groups in total. The molecule has 0 aliphatic heterocycles. The number of ether oxygens (including phenoxy) is 1. The number of hydrogen-bond donors (Lipinski definition) is 1. The number of halogens is 1. The fourth-order valence-corrected chi connectivity index (χ4v) is 1.33. The molecule has 0 saturated carbocycles. The molecule has 0 aliphatic carbocycles. The van der Waals surface area contributed by atoms with Crippen LogP contribution in [-0.4, -0.2) is 22.1 Å². The van der Waals surface area contributed by atoms with Gasteiger partial charge in [0, 0.05) is 11.1 Å². The summed E-state index contributed by atoms with van der Waals surface area (Å²) < 4.78 is 4.97. The van der Waals surface area contributed by atoms with Crippen molar-refractivity contribution in [3.8, 4) is 0 Å². The van der Waals surface area contributed by atoms with Crippen molar-refractivity contribution in [2.45, 2.75) is 19.6 Å². The summed E-state index contributed by atoms with van der Waals surface area (Å²) in [5.41, 5.74) is 0.0996. The van der Waals surface area contributed by atoms with Crippen LogP contribution in [0.5, 0.6) is 0 Å². The molecule has 0 bridgehead atoms. The van der Waals surface area contributed by atoms with E-state index in [1.54, 1.807) is 0 Å². The molecular formula is C10H10ClNO5. The highest BCUT2D eigenvalue weighted by atomic mass is 35.5. The van der Waals surface area contributed by atoms with Gasteiger partial charge in [-0.2, -0.15) is 0 Å². The molecule has 1 atom stereocenters. The van der Waals surface area contributed by atoms with Gasteiger partial charge in [0.25, 0.3) is 5.69 Å². The molecular weight excluding hydrogens is 250 g/mol. The van der Waals surface area contributed by atoms with Crippen molar-refractivity contribution in [1.29, 1.82) is 0 Å². The molecule has 0 aliphatic rings. The molecule has 0 fully saturated rings. The summed E-state index contributed by atoms with van der Waals surface area (Å²) in [5, 5.41) is 19.6. The van der Waals surface area contributed by atoms with Crippen LogP contribution in [0.4, 0.5) is 5.69 Å². The van der Waals surface area contributed by atoms with Gasteiger partial charge in [0.15, 0.2) is 6.10 Å². The van der Waals surface area contributed by atoms with Gasteiger partial charge in [-0.1, -0.05) is 11.6 Å². The molecule has 6 nitrogen and oxygen atoms in total. The minimum absolute atomic E-state index is 0.146.